The van der Waals surface area contributed by atoms with Crippen molar-refractivity contribution in [2.45, 2.75) is 26.2 Å². The van der Waals surface area contributed by atoms with Crippen LogP contribution in [0.15, 0.2) is 24.4 Å². The molecule has 1 aliphatic heterocycles. The van der Waals surface area contributed by atoms with E-state index in [1.807, 2.05) is 24.4 Å². The van der Waals surface area contributed by atoms with Gasteiger partial charge in [0.05, 0.1) is 0 Å². The Bertz CT molecular complexity index is 584. The number of fused-ring (bicyclic) bond motifs is 2. The molecular formula is C15H18N2O2. The van der Waals surface area contributed by atoms with Crippen LogP contribution in [0, 0.1) is 0 Å². The van der Waals surface area contributed by atoms with E-state index in [2.05, 4.69) is 17.2 Å². The smallest absolute Gasteiger partial charge is 0.231 e. The number of benzene rings is 1. The predicted octanol–water partition coefficient (Wildman–Crippen LogP) is 3.57. The Morgan fingerprint density at radius 3 is 2.89 bits per heavy atom. The quantitative estimate of drug-likeness (QED) is 0.833. The lowest BCUT2D eigenvalue weighted by Gasteiger charge is -2.09. The molecule has 4 heteroatoms. The van der Waals surface area contributed by atoms with Crippen molar-refractivity contribution in [2.24, 2.45) is 0 Å². The third-order valence-electron chi connectivity index (χ3n) is 3.33. The maximum absolute atomic E-state index is 5.43. The number of nitrogens with one attached hydrogen (secondary N) is 1. The minimum Gasteiger partial charge on any atom is -0.454 e. The number of pyridine rings is 1. The van der Waals surface area contributed by atoms with Gasteiger partial charge in [0.15, 0.2) is 11.5 Å². The highest BCUT2D eigenvalue weighted by molar-refractivity contribution is 5.94. The van der Waals surface area contributed by atoms with Gasteiger partial charge in [0.25, 0.3) is 0 Å². The first-order valence-corrected chi connectivity index (χ1v) is 6.80. The number of unbranched alkanes of at least 4 members (excludes halogenated alkanes) is 2. The van der Waals surface area contributed by atoms with Crippen LogP contribution in [0.4, 0.5) is 5.82 Å². The average molecular weight is 258 g/mol. The highest BCUT2D eigenvalue weighted by Crippen LogP contribution is 2.37. The van der Waals surface area contributed by atoms with Crippen LogP contribution in [0.5, 0.6) is 11.5 Å². The van der Waals surface area contributed by atoms with Crippen LogP contribution in [-0.2, 0) is 0 Å². The molecule has 0 fully saturated rings. The van der Waals surface area contributed by atoms with Gasteiger partial charge in [-0.25, -0.2) is 4.98 Å². The molecule has 100 valence electrons. The molecule has 1 aromatic heterocycles. The molecule has 0 aliphatic carbocycles. The van der Waals surface area contributed by atoms with Crippen molar-refractivity contribution in [3.8, 4) is 11.5 Å². The molecule has 0 radical (unpaired) electrons. The molecule has 0 saturated carbocycles. The molecule has 1 N–H and O–H groups in total. The van der Waals surface area contributed by atoms with Crippen molar-refractivity contribution >= 4 is 16.6 Å². The van der Waals surface area contributed by atoms with Gasteiger partial charge >= 0.3 is 0 Å². The summed E-state index contributed by atoms with van der Waals surface area (Å²) in [5.41, 5.74) is 0. The highest BCUT2D eigenvalue weighted by atomic mass is 16.7. The van der Waals surface area contributed by atoms with Crippen LogP contribution < -0.4 is 14.8 Å². The fourth-order valence-electron chi connectivity index (χ4n) is 2.28. The van der Waals surface area contributed by atoms with Crippen molar-refractivity contribution in [3.63, 3.8) is 0 Å². The molecule has 19 heavy (non-hydrogen) atoms. The van der Waals surface area contributed by atoms with Crippen LogP contribution in [0.25, 0.3) is 10.8 Å². The number of ether oxygens (including phenoxy) is 2. The molecule has 2 heterocycles. The van der Waals surface area contributed by atoms with Gasteiger partial charge in [-0.1, -0.05) is 19.8 Å². The Morgan fingerprint density at radius 2 is 2.05 bits per heavy atom. The Labute approximate surface area is 112 Å². The highest BCUT2D eigenvalue weighted by Gasteiger charge is 2.15. The lowest BCUT2D eigenvalue weighted by Crippen LogP contribution is -2.03. The standard InChI is InChI=1S/C15H18N2O2/c1-2-3-4-6-16-15-12-9-14-13(18-10-19-14)8-11(12)5-7-17-15/h5,7-9H,2-4,6,10H2,1H3,(H,16,17). The Balaban J connectivity index is 1.87. The average Bonchev–Trinajstić information content (AvgIpc) is 2.88. The van der Waals surface area contributed by atoms with Gasteiger partial charge in [-0.05, 0) is 30.0 Å². The SMILES string of the molecule is CCCCCNc1nccc2cc3c(cc12)OCO3. The molecule has 0 unspecified atom stereocenters. The van der Waals surface area contributed by atoms with Crippen LogP contribution in [0.3, 0.4) is 0 Å². The first kappa shape index (κ1) is 12.1. The van der Waals surface area contributed by atoms with Gasteiger partial charge < -0.3 is 14.8 Å². The molecule has 2 aromatic rings. The fourth-order valence-corrected chi connectivity index (χ4v) is 2.28. The molecule has 1 aliphatic rings. The monoisotopic (exact) mass is 258 g/mol. The molecule has 0 saturated heterocycles. The van der Waals surface area contributed by atoms with E-state index in [0.29, 0.717) is 6.79 Å². The summed E-state index contributed by atoms with van der Waals surface area (Å²) in [5.74, 6) is 2.54. The van der Waals surface area contributed by atoms with Gasteiger partial charge in [-0.2, -0.15) is 0 Å². The number of anilines is 1. The summed E-state index contributed by atoms with van der Waals surface area (Å²) in [4.78, 5) is 4.42. The fraction of sp³-hybridized carbons (Fsp3) is 0.400. The summed E-state index contributed by atoms with van der Waals surface area (Å²) in [5, 5.41) is 5.61. The van der Waals surface area contributed by atoms with Gasteiger partial charge in [-0.15, -0.1) is 0 Å². The summed E-state index contributed by atoms with van der Waals surface area (Å²) >= 11 is 0. The van der Waals surface area contributed by atoms with E-state index in [9.17, 15) is 0 Å². The second kappa shape index (κ2) is 5.34. The van der Waals surface area contributed by atoms with Crippen molar-refractivity contribution in [3.05, 3.63) is 24.4 Å². The van der Waals surface area contributed by atoms with Crippen molar-refractivity contribution in [1.82, 2.24) is 4.98 Å². The number of nitrogens with zero attached hydrogens (tertiary/aromatic N) is 1. The summed E-state index contributed by atoms with van der Waals surface area (Å²) < 4.78 is 10.8. The minimum atomic E-state index is 0.304. The lowest BCUT2D eigenvalue weighted by atomic mass is 10.1. The number of aromatic nitrogens is 1. The molecular weight excluding hydrogens is 240 g/mol. The summed E-state index contributed by atoms with van der Waals surface area (Å²) in [7, 11) is 0. The topological polar surface area (TPSA) is 43.4 Å². The van der Waals surface area contributed by atoms with E-state index in [1.54, 1.807) is 0 Å². The summed E-state index contributed by atoms with van der Waals surface area (Å²) in [6.07, 6.45) is 5.46. The second-order valence-electron chi connectivity index (χ2n) is 4.72. The molecule has 0 amide bonds. The molecule has 0 spiro atoms. The van der Waals surface area contributed by atoms with E-state index >= 15 is 0 Å². The maximum atomic E-state index is 5.43. The van der Waals surface area contributed by atoms with E-state index in [1.165, 1.54) is 19.3 Å². The predicted molar refractivity (Wildman–Crippen MR) is 75.9 cm³/mol. The number of hydrogen-bond donors (Lipinski definition) is 1. The van der Waals surface area contributed by atoms with Gasteiger partial charge in [-0.3, -0.25) is 0 Å². The molecule has 0 bridgehead atoms. The maximum Gasteiger partial charge on any atom is 0.231 e. The Morgan fingerprint density at radius 1 is 1.21 bits per heavy atom. The van der Waals surface area contributed by atoms with E-state index in [-0.39, 0.29) is 0 Å². The summed E-state index contributed by atoms with van der Waals surface area (Å²) in [6, 6.07) is 6.01. The van der Waals surface area contributed by atoms with Crippen molar-refractivity contribution < 1.29 is 9.47 Å². The van der Waals surface area contributed by atoms with E-state index in [0.717, 1.165) is 34.6 Å². The minimum absolute atomic E-state index is 0.304. The summed E-state index contributed by atoms with van der Waals surface area (Å²) in [6.45, 7) is 3.46. The first-order valence-electron chi connectivity index (χ1n) is 6.80. The second-order valence-corrected chi connectivity index (χ2v) is 4.72. The van der Waals surface area contributed by atoms with Gasteiger partial charge in [0.2, 0.25) is 6.79 Å². The Kier molecular flexibility index (Phi) is 3.40. The van der Waals surface area contributed by atoms with Crippen LogP contribution in [0.1, 0.15) is 26.2 Å². The van der Waals surface area contributed by atoms with Crippen molar-refractivity contribution in [2.75, 3.05) is 18.7 Å². The zero-order chi connectivity index (χ0) is 13.1. The molecule has 3 rings (SSSR count). The molecule has 1 aromatic carbocycles. The largest absolute Gasteiger partial charge is 0.454 e. The van der Waals surface area contributed by atoms with Crippen LogP contribution >= 0.6 is 0 Å². The van der Waals surface area contributed by atoms with Gasteiger partial charge in [0, 0.05) is 18.1 Å². The number of hydrogen-bond acceptors (Lipinski definition) is 4. The lowest BCUT2D eigenvalue weighted by molar-refractivity contribution is 0.174. The normalized spacial score (nSPS) is 12.9. The van der Waals surface area contributed by atoms with E-state index in [4.69, 9.17) is 9.47 Å². The third kappa shape index (κ3) is 2.43. The third-order valence-corrected chi connectivity index (χ3v) is 3.33. The first-order chi connectivity index (χ1) is 9.38. The zero-order valence-corrected chi connectivity index (χ0v) is 11.1. The zero-order valence-electron chi connectivity index (χ0n) is 11.1. The van der Waals surface area contributed by atoms with E-state index < -0.39 is 0 Å². The van der Waals surface area contributed by atoms with Crippen molar-refractivity contribution in [1.29, 1.82) is 0 Å². The molecule has 4 nitrogen and oxygen atoms in total. The van der Waals surface area contributed by atoms with Gasteiger partial charge in [0.1, 0.15) is 5.82 Å². The molecule has 0 atom stereocenters. The van der Waals surface area contributed by atoms with Crippen LogP contribution in [0.2, 0.25) is 0 Å². The Hall–Kier alpha value is -1.97. The number of rotatable bonds is 5. The van der Waals surface area contributed by atoms with Crippen LogP contribution in [-0.4, -0.2) is 18.3 Å².